The molecule has 20 heavy (non-hydrogen) atoms. The van der Waals surface area contributed by atoms with E-state index in [9.17, 15) is 18.8 Å². The van der Waals surface area contributed by atoms with Gasteiger partial charge in [0.1, 0.15) is 24.7 Å². The third kappa shape index (κ3) is 3.31. The predicted octanol–water partition coefficient (Wildman–Crippen LogP) is 0.0780. The zero-order valence-corrected chi connectivity index (χ0v) is 10.8. The van der Waals surface area contributed by atoms with Crippen LogP contribution in [0.2, 0.25) is 0 Å². The topological polar surface area (TPSA) is 75.7 Å². The third-order valence-corrected chi connectivity index (χ3v) is 2.73. The van der Waals surface area contributed by atoms with E-state index in [-0.39, 0.29) is 13.1 Å². The first-order chi connectivity index (χ1) is 9.45. The van der Waals surface area contributed by atoms with Crippen molar-refractivity contribution in [2.45, 2.75) is 13.0 Å². The van der Waals surface area contributed by atoms with Gasteiger partial charge in [0.2, 0.25) is 11.8 Å². The normalized spacial score (nSPS) is 16.6. The smallest absolute Gasteiger partial charge is 0.264 e. The van der Waals surface area contributed by atoms with Crippen molar-refractivity contribution in [1.82, 2.24) is 10.2 Å². The quantitative estimate of drug-likeness (QED) is 0.795. The standard InChI is InChI=1S/C13H13FN2O4/c1-8(20-10-4-2-9(14)3-5-10)13(19)16-6-11(17)15-12(18)7-16/h2-5,8H,6-7H2,1H3,(H,15,17,18). The summed E-state index contributed by atoms with van der Waals surface area (Å²) in [5.41, 5.74) is 0. The second-order valence-electron chi connectivity index (χ2n) is 4.38. The Labute approximate surface area is 114 Å². The monoisotopic (exact) mass is 280 g/mol. The number of nitrogens with zero attached hydrogens (tertiary/aromatic N) is 1. The van der Waals surface area contributed by atoms with Gasteiger partial charge in [0.15, 0.2) is 6.10 Å². The Morgan fingerprint density at radius 3 is 2.35 bits per heavy atom. The van der Waals surface area contributed by atoms with E-state index in [0.29, 0.717) is 5.75 Å². The van der Waals surface area contributed by atoms with Crippen molar-refractivity contribution in [2.24, 2.45) is 0 Å². The highest BCUT2D eigenvalue weighted by Gasteiger charge is 2.30. The molecule has 7 heteroatoms. The highest BCUT2D eigenvalue weighted by atomic mass is 19.1. The number of nitrogens with one attached hydrogen (secondary N) is 1. The fourth-order valence-electron chi connectivity index (χ4n) is 1.82. The Morgan fingerprint density at radius 1 is 1.25 bits per heavy atom. The molecule has 1 heterocycles. The average Bonchev–Trinajstić information content (AvgIpc) is 2.39. The lowest BCUT2D eigenvalue weighted by atomic mass is 10.2. The summed E-state index contributed by atoms with van der Waals surface area (Å²) in [6.07, 6.45) is -0.876. The van der Waals surface area contributed by atoms with Crippen molar-refractivity contribution in [3.63, 3.8) is 0 Å². The number of carbonyl (C=O) groups excluding carboxylic acids is 3. The van der Waals surface area contributed by atoms with E-state index in [1.165, 1.54) is 31.2 Å². The summed E-state index contributed by atoms with van der Waals surface area (Å²) in [4.78, 5) is 35.6. The van der Waals surface area contributed by atoms with E-state index in [1.807, 2.05) is 0 Å². The van der Waals surface area contributed by atoms with Crippen molar-refractivity contribution in [3.8, 4) is 5.75 Å². The maximum Gasteiger partial charge on any atom is 0.264 e. The number of piperazine rings is 1. The number of rotatable bonds is 3. The maximum atomic E-state index is 12.7. The summed E-state index contributed by atoms with van der Waals surface area (Å²) in [6, 6.07) is 5.22. The highest BCUT2D eigenvalue weighted by molar-refractivity contribution is 6.02. The van der Waals surface area contributed by atoms with Crippen LogP contribution in [0.1, 0.15) is 6.92 Å². The Hall–Kier alpha value is -2.44. The number of benzene rings is 1. The van der Waals surface area contributed by atoms with Crippen LogP contribution >= 0.6 is 0 Å². The van der Waals surface area contributed by atoms with Crippen molar-refractivity contribution in [2.75, 3.05) is 13.1 Å². The van der Waals surface area contributed by atoms with Gasteiger partial charge in [-0.1, -0.05) is 0 Å². The van der Waals surface area contributed by atoms with Crippen LogP contribution in [0.25, 0.3) is 0 Å². The molecule has 0 aromatic heterocycles. The summed E-state index contributed by atoms with van der Waals surface area (Å²) in [7, 11) is 0. The van der Waals surface area contributed by atoms with Gasteiger partial charge in [-0.25, -0.2) is 4.39 Å². The van der Waals surface area contributed by atoms with Crippen LogP contribution < -0.4 is 10.1 Å². The molecule has 1 fully saturated rings. The number of imide groups is 1. The Morgan fingerprint density at radius 2 is 1.80 bits per heavy atom. The van der Waals surface area contributed by atoms with Crippen molar-refractivity contribution in [1.29, 1.82) is 0 Å². The molecule has 0 radical (unpaired) electrons. The second-order valence-corrected chi connectivity index (χ2v) is 4.38. The molecule has 106 valence electrons. The zero-order chi connectivity index (χ0) is 14.7. The van der Waals surface area contributed by atoms with Gasteiger partial charge >= 0.3 is 0 Å². The minimum Gasteiger partial charge on any atom is -0.481 e. The molecular weight excluding hydrogens is 267 g/mol. The Kier molecular flexibility index (Phi) is 3.97. The number of halogens is 1. The highest BCUT2D eigenvalue weighted by Crippen LogP contribution is 2.14. The van der Waals surface area contributed by atoms with Crippen LogP contribution in [0.3, 0.4) is 0 Å². The van der Waals surface area contributed by atoms with E-state index in [2.05, 4.69) is 5.32 Å². The maximum absolute atomic E-state index is 12.7. The van der Waals surface area contributed by atoms with Crippen LogP contribution in [0.4, 0.5) is 4.39 Å². The van der Waals surface area contributed by atoms with E-state index in [0.717, 1.165) is 4.90 Å². The Bertz CT molecular complexity index is 528. The van der Waals surface area contributed by atoms with Gasteiger partial charge in [0.05, 0.1) is 0 Å². The molecule has 1 unspecified atom stereocenters. The lowest BCUT2D eigenvalue weighted by Crippen LogP contribution is -2.55. The largest absolute Gasteiger partial charge is 0.481 e. The molecule has 6 nitrogen and oxygen atoms in total. The number of hydrogen-bond acceptors (Lipinski definition) is 4. The van der Waals surface area contributed by atoms with Gasteiger partial charge in [-0.2, -0.15) is 0 Å². The van der Waals surface area contributed by atoms with Gasteiger partial charge in [0.25, 0.3) is 5.91 Å². The molecule has 3 amide bonds. The van der Waals surface area contributed by atoms with Crippen LogP contribution in [0, 0.1) is 5.82 Å². The Balaban J connectivity index is 1.99. The summed E-state index contributed by atoms with van der Waals surface area (Å²) < 4.78 is 18.1. The summed E-state index contributed by atoms with van der Waals surface area (Å²) in [5, 5.41) is 2.10. The van der Waals surface area contributed by atoms with Crippen molar-refractivity contribution in [3.05, 3.63) is 30.1 Å². The van der Waals surface area contributed by atoms with E-state index in [4.69, 9.17) is 4.74 Å². The van der Waals surface area contributed by atoms with Crippen LogP contribution in [-0.4, -0.2) is 41.8 Å². The summed E-state index contributed by atoms with van der Waals surface area (Å²) in [6.45, 7) is 1.14. The zero-order valence-electron chi connectivity index (χ0n) is 10.8. The number of amides is 3. The van der Waals surface area contributed by atoms with Gasteiger partial charge in [0, 0.05) is 0 Å². The number of ether oxygens (including phenoxy) is 1. The van der Waals surface area contributed by atoms with Crippen LogP contribution in [0.15, 0.2) is 24.3 Å². The first-order valence-corrected chi connectivity index (χ1v) is 5.99. The van der Waals surface area contributed by atoms with Gasteiger partial charge in [-0.15, -0.1) is 0 Å². The molecule has 1 aliphatic rings. The molecule has 0 saturated carbocycles. The molecule has 0 bridgehead atoms. The molecule has 1 aromatic carbocycles. The number of carbonyl (C=O) groups is 3. The van der Waals surface area contributed by atoms with Crippen molar-refractivity contribution < 1.29 is 23.5 Å². The minimum absolute atomic E-state index is 0.179. The summed E-state index contributed by atoms with van der Waals surface area (Å²) in [5.74, 6) is -1.60. The van der Waals surface area contributed by atoms with E-state index in [1.54, 1.807) is 0 Å². The lowest BCUT2D eigenvalue weighted by molar-refractivity contribution is -0.148. The lowest BCUT2D eigenvalue weighted by Gasteiger charge is -2.28. The third-order valence-electron chi connectivity index (χ3n) is 2.73. The number of hydrogen-bond donors (Lipinski definition) is 1. The molecule has 1 aromatic rings. The van der Waals surface area contributed by atoms with Gasteiger partial charge in [-0.3, -0.25) is 19.7 Å². The van der Waals surface area contributed by atoms with Gasteiger partial charge < -0.3 is 9.64 Å². The van der Waals surface area contributed by atoms with E-state index < -0.39 is 29.6 Å². The molecule has 1 saturated heterocycles. The molecule has 0 aliphatic carbocycles. The van der Waals surface area contributed by atoms with Crippen LogP contribution in [-0.2, 0) is 14.4 Å². The fourth-order valence-corrected chi connectivity index (χ4v) is 1.82. The predicted molar refractivity (Wildman–Crippen MR) is 66.2 cm³/mol. The minimum atomic E-state index is -0.876. The molecule has 1 N–H and O–H groups in total. The molecule has 1 aliphatic heterocycles. The molecule has 2 rings (SSSR count). The van der Waals surface area contributed by atoms with Gasteiger partial charge in [-0.05, 0) is 31.2 Å². The SMILES string of the molecule is CC(Oc1ccc(F)cc1)C(=O)N1CC(=O)NC(=O)C1. The van der Waals surface area contributed by atoms with Crippen LogP contribution in [0.5, 0.6) is 5.75 Å². The second kappa shape index (κ2) is 5.68. The van der Waals surface area contributed by atoms with E-state index >= 15 is 0 Å². The first kappa shape index (κ1) is 14.0. The molecule has 0 spiro atoms. The summed E-state index contributed by atoms with van der Waals surface area (Å²) >= 11 is 0. The molecule has 1 atom stereocenters. The first-order valence-electron chi connectivity index (χ1n) is 5.99. The fraction of sp³-hybridized carbons (Fsp3) is 0.308. The molecular formula is C13H13FN2O4. The van der Waals surface area contributed by atoms with Crippen molar-refractivity contribution >= 4 is 17.7 Å². The average molecular weight is 280 g/mol.